The van der Waals surface area contributed by atoms with E-state index in [-0.39, 0.29) is 11.7 Å². The summed E-state index contributed by atoms with van der Waals surface area (Å²) in [6.07, 6.45) is 3.45. The van der Waals surface area contributed by atoms with Crippen LogP contribution in [-0.2, 0) is 11.2 Å². The molecule has 4 aromatic rings. The first kappa shape index (κ1) is 23.0. The van der Waals surface area contributed by atoms with Crippen molar-refractivity contribution in [3.05, 3.63) is 90.2 Å². The van der Waals surface area contributed by atoms with Gasteiger partial charge in [-0.1, -0.05) is 42.5 Å². The van der Waals surface area contributed by atoms with Crippen molar-refractivity contribution in [1.29, 1.82) is 0 Å². The highest BCUT2D eigenvalue weighted by molar-refractivity contribution is 5.91. The van der Waals surface area contributed by atoms with E-state index in [2.05, 4.69) is 17.0 Å². The van der Waals surface area contributed by atoms with E-state index in [0.29, 0.717) is 18.8 Å². The van der Waals surface area contributed by atoms with Crippen molar-refractivity contribution in [2.24, 2.45) is 0 Å². The summed E-state index contributed by atoms with van der Waals surface area (Å²) in [7, 11) is 0. The van der Waals surface area contributed by atoms with Crippen LogP contribution in [0.25, 0.3) is 22.3 Å². The van der Waals surface area contributed by atoms with Gasteiger partial charge in [-0.2, -0.15) is 0 Å². The topological polar surface area (TPSA) is 49.3 Å². The lowest BCUT2D eigenvalue weighted by atomic mass is 10.1. The van der Waals surface area contributed by atoms with Gasteiger partial charge in [0.25, 0.3) is 0 Å². The highest BCUT2D eigenvalue weighted by atomic mass is 19.1. The Morgan fingerprint density at radius 3 is 2.34 bits per heavy atom. The first-order chi connectivity index (χ1) is 17.2. The molecule has 1 aliphatic rings. The molecule has 0 bridgehead atoms. The van der Waals surface area contributed by atoms with Crippen LogP contribution in [-0.4, -0.2) is 47.0 Å². The molecule has 1 fully saturated rings. The fourth-order valence-electron chi connectivity index (χ4n) is 4.62. The van der Waals surface area contributed by atoms with Gasteiger partial charge in [0.2, 0.25) is 5.91 Å². The SMILES string of the molecule is O=C(CCN(CCc1ccccc1)c1nc(-c2ccc(F)cc2)nc2ccccc12)N1CCCC1. The van der Waals surface area contributed by atoms with Crippen LogP contribution in [0.1, 0.15) is 24.8 Å². The summed E-state index contributed by atoms with van der Waals surface area (Å²) >= 11 is 0. The Hall–Kier alpha value is -3.80. The third-order valence-corrected chi connectivity index (χ3v) is 6.55. The Kier molecular flexibility index (Phi) is 6.98. The van der Waals surface area contributed by atoms with Crippen LogP contribution < -0.4 is 4.90 Å². The van der Waals surface area contributed by atoms with Crippen LogP contribution in [0.3, 0.4) is 0 Å². The van der Waals surface area contributed by atoms with Gasteiger partial charge in [0.15, 0.2) is 5.82 Å². The van der Waals surface area contributed by atoms with Crippen molar-refractivity contribution in [3.63, 3.8) is 0 Å². The molecule has 0 radical (unpaired) electrons. The number of carbonyl (C=O) groups excluding carboxylic acids is 1. The fourth-order valence-corrected chi connectivity index (χ4v) is 4.62. The van der Waals surface area contributed by atoms with Crippen LogP contribution in [0.5, 0.6) is 0 Å². The number of likely N-dealkylation sites (tertiary alicyclic amines) is 1. The van der Waals surface area contributed by atoms with Gasteiger partial charge in [-0.3, -0.25) is 4.79 Å². The lowest BCUT2D eigenvalue weighted by Gasteiger charge is -2.26. The molecular weight excluding hydrogens is 439 g/mol. The molecule has 178 valence electrons. The Morgan fingerprint density at radius 1 is 0.857 bits per heavy atom. The predicted molar refractivity (Wildman–Crippen MR) is 138 cm³/mol. The van der Waals surface area contributed by atoms with Crippen LogP contribution >= 0.6 is 0 Å². The minimum absolute atomic E-state index is 0.198. The third-order valence-electron chi connectivity index (χ3n) is 6.55. The maximum absolute atomic E-state index is 13.5. The molecule has 2 heterocycles. The molecule has 0 N–H and O–H groups in total. The number of anilines is 1. The number of aromatic nitrogens is 2. The van der Waals surface area contributed by atoms with E-state index in [9.17, 15) is 9.18 Å². The second-order valence-corrected chi connectivity index (χ2v) is 8.96. The van der Waals surface area contributed by atoms with Gasteiger partial charge in [0.05, 0.1) is 5.52 Å². The predicted octanol–water partition coefficient (Wildman–Crippen LogP) is 5.50. The number of carbonyl (C=O) groups is 1. The van der Waals surface area contributed by atoms with Gasteiger partial charge in [0.1, 0.15) is 11.6 Å². The Morgan fingerprint density at radius 2 is 1.57 bits per heavy atom. The van der Waals surface area contributed by atoms with Crippen LogP contribution in [0.15, 0.2) is 78.9 Å². The first-order valence-corrected chi connectivity index (χ1v) is 12.3. The number of para-hydroxylation sites is 1. The van der Waals surface area contributed by atoms with Crippen molar-refractivity contribution in [3.8, 4) is 11.4 Å². The average molecular weight is 469 g/mol. The number of hydrogen-bond acceptors (Lipinski definition) is 4. The quantitative estimate of drug-likeness (QED) is 0.343. The number of rotatable bonds is 8. The van der Waals surface area contributed by atoms with E-state index in [1.54, 1.807) is 12.1 Å². The van der Waals surface area contributed by atoms with Gasteiger partial charge in [-0.15, -0.1) is 0 Å². The Balaban J connectivity index is 1.49. The highest BCUT2D eigenvalue weighted by Gasteiger charge is 2.21. The third kappa shape index (κ3) is 5.48. The number of amides is 1. The lowest BCUT2D eigenvalue weighted by molar-refractivity contribution is -0.129. The molecule has 6 heteroatoms. The zero-order chi connectivity index (χ0) is 24.0. The number of benzene rings is 3. The van der Waals surface area contributed by atoms with Crippen LogP contribution in [0.4, 0.5) is 10.2 Å². The molecule has 1 amide bonds. The molecule has 0 unspecified atom stereocenters. The van der Waals surface area contributed by atoms with E-state index in [1.165, 1.54) is 17.7 Å². The summed E-state index contributed by atoms with van der Waals surface area (Å²) in [5, 5.41) is 0.944. The Bertz CT molecular complexity index is 1290. The molecular formula is C29H29FN4O. The second-order valence-electron chi connectivity index (χ2n) is 8.96. The molecule has 1 aliphatic heterocycles. The minimum Gasteiger partial charge on any atom is -0.355 e. The summed E-state index contributed by atoms with van der Waals surface area (Å²) in [6.45, 7) is 3.01. The maximum atomic E-state index is 13.5. The van der Waals surface area contributed by atoms with E-state index in [0.717, 1.165) is 61.2 Å². The fraction of sp³-hybridized carbons (Fsp3) is 0.276. The molecule has 1 saturated heterocycles. The van der Waals surface area contributed by atoms with Crippen LogP contribution in [0.2, 0.25) is 0 Å². The minimum atomic E-state index is -0.292. The van der Waals surface area contributed by atoms with Crippen molar-refractivity contribution in [1.82, 2.24) is 14.9 Å². The summed E-state index contributed by atoms with van der Waals surface area (Å²) in [5.41, 5.74) is 2.82. The molecule has 5 rings (SSSR count). The molecule has 35 heavy (non-hydrogen) atoms. The van der Waals surface area contributed by atoms with Crippen molar-refractivity contribution in [2.75, 3.05) is 31.1 Å². The monoisotopic (exact) mass is 468 g/mol. The van der Waals surface area contributed by atoms with Crippen LogP contribution in [0, 0.1) is 5.82 Å². The highest BCUT2D eigenvalue weighted by Crippen LogP contribution is 2.28. The summed E-state index contributed by atoms with van der Waals surface area (Å²) in [5.74, 6) is 1.26. The van der Waals surface area contributed by atoms with Crippen molar-refractivity contribution in [2.45, 2.75) is 25.7 Å². The molecule has 5 nitrogen and oxygen atoms in total. The van der Waals surface area contributed by atoms with E-state index in [1.807, 2.05) is 47.4 Å². The molecule has 0 atom stereocenters. The smallest absolute Gasteiger partial charge is 0.224 e. The molecule has 0 spiro atoms. The van der Waals surface area contributed by atoms with E-state index in [4.69, 9.17) is 9.97 Å². The average Bonchev–Trinajstić information content (AvgIpc) is 3.44. The molecule has 0 aliphatic carbocycles. The van der Waals surface area contributed by atoms with Gasteiger partial charge >= 0.3 is 0 Å². The number of halogens is 1. The van der Waals surface area contributed by atoms with Crippen molar-refractivity contribution < 1.29 is 9.18 Å². The second kappa shape index (κ2) is 10.6. The van der Waals surface area contributed by atoms with E-state index >= 15 is 0 Å². The van der Waals surface area contributed by atoms with Crippen molar-refractivity contribution >= 4 is 22.6 Å². The lowest BCUT2D eigenvalue weighted by Crippen LogP contribution is -2.34. The standard InChI is InChI=1S/C29H29FN4O/c30-24-14-12-23(13-15-24)28-31-26-11-5-4-10-25(26)29(32-28)34(20-16-22-8-2-1-3-9-22)21-17-27(35)33-18-6-7-19-33/h1-5,8-15H,6-7,16-21H2. The van der Waals surface area contributed by atoms with Gasteiger partial charge in [-0.25, -0.2) is 14.4 Å². The Labute approximate surface area is 205 Å². The molecule has 0 saturated carbocycles. The van der Waals surface area contributed by atoms with E-state index < -0.39 is 0 Å². The summed E-state index contributed by atoms with van der Waals surface area (Å²) in [6, 6.07) is 24.5. The maximum Gasteiger partial charge on any atom is 0.224 e. The summed E-state index contributed by atoms with van der Waals surface area (Å²) < 4.78 is 13.5. The zero-order valence-electron chi connectivity index (χ0n) is 19.7. The van der Waals surface area contributed by atoms with Gasteiger partial charge < -0.3 is 9.80 Å². The number of nitrogens with zero attached hydrogens (tertiary/aromatic N) is 4. The number of hydrogen-bond donors (Lipinski definition) is 0. The normalized spacial score (nSPS) is 13.3. The number of fused-ring (bicyclic) bond motifs is 1. The zero-order valence-corrected chi connectivity index (χ0v) is 19.7. The van der Waals surface area contributed by atoms with Gasteiger partial charge in [0, 0.05) is 43.5 Å². The van der Waals surface area contributed by atoms with Gasteiger partial charge in [-0.05, 0) is 61.2 Å². The molecule has 3 aromatic carbocycles. The molecule has 1 aromatic heterocycles. The largest absolute Gasteiger partial charge is 0.355 e. The first-order valence-electron chi connectivity index (χ1n) is 12.3. The summed E-state index contributed by atoms with van der Waals surface area (Å²) in [4.78, 5) is 26.8.